The Bertz CT molecular complexity index is 1720. The quantitative estimate of drug-likeness (QED) is 0.168. The third kappa shape index (κ3) is 3.55. The molecule has 0 N–H and O–H groups in total. The van der Waals surface area contributed by atoms with Crippen LogP contribution in [0.15, 0.2) is 79.0 Å². The summed E-state index contributed by atoms with van der Waals surface area (Å²) in [4.78, 5) is 4.75. The van der Waals surface area contributed by atoms with E-state index in [0.29, 0.717) is 5.92 Å². The third-order valence-electron chi connectivity index (χ3n) is 7.05. The van der Waals surface area contributed by atoms with Gasteiger partial charge in [-0.1, -0.05) is 13.8 Å². The van der Waals surface area contributed by atoms with Crippen LogP contribution in [0.5, 0.6) is 0 Å². The molecule has 0 aliphatic heterocycles. The van der Waals surface area contributed by atoms with Crippen molar-refractivity contribution in [2.75, 3.05) is 0 Å². The number of hydrogen-bond donors (Lipinski definition) is 0. The topological polar surface area (TPSA) is 12.9 Å². The van der Waals surface area contributed by atoms with Gasteiger partial charge in [-0.3, -0.25) is 0 Å². The van der Waals surface area contributed by atoms with Crippen LogP contribution in [0.25, 0.3) is 53.0 Å². The zero-order valence-electron chi connectivity index (χ0n) is 20.4. The van der Waals surface area contributed by atoms with E-state index in [1.165, 1.54) is 52.8 Å². The second-order valence-electron chi connectivity index (χ2n) is 10.7. The van der Waals surface area contributed by atoms with E-state index in [1.54, 1.807) is 4.40 Å². The number of aromatic nitrogens is 1. The Morgan fingerprint density at radius 2 is 1.53 bits per heavy atom. The predicted octanol–water partition coefficient (Wildman–Crippen LogP) is 9.09. The van der Waals surface area contributed by atoms with Crippen molar-refractivity contribution in [3.8, 4) is 11.3 Å². The molecule has 0 amide bonds. The fourth-order valence-electron chi connectivity index (χ4n) is 4.98. The molecule has 6 aromatic rings. The Kier molecular flexibility index (Phi) is 5.09. The van der Waals surface area contributed by atoms with E-state index in [2.05, 4.69) is 104 Å². The summed E-state index contributed by atoms with van der Waals surface area (Å²) in [6.45, 7) is 4.48. The van der Waals surface area contributed by atoms with Gasteiger partial charge in [-0.2, -0.15) is 0 Å². The van der Waals surface area contributed by atoms with E-state index < -0.39 is 13.3 Å². The number of nitrogens with zero attached hydrogens (tertiary/aromatic N) is 1. The number of fused-ring (bicyclic) bond motifs is 6. The summed E-state index contributed by atoms with van der Waals surface area (Å²) in [7, 11) is 0. The molecule has 0 saturated carbocycles. The zero-order chi connectivity index (χ0) is 23.6. The molecule has 3 heteroatoms. The second-order valence-corrected chi connectivity index (χ2v) is 22.4. The average Bonchev–Trinajstić information content (AvgIpc) is 3.19. The molecule has 4 aromatic carbocycles. The number of rotatable bonds is 3. The summed E-state index contributed by atoms with van der Waals surface area (Å²) in [6, 6.07) is 27.6. The molecule has 2 aromatic heterocycles. The first kappa shape index (κ1) is 21.8. The van der Waals surface area contributed by atoms with Crippen molar-refractivity contribution in [2.45, 2.75) is 37.0 Å². The maximum atomic E-state index is 4.75. The minimum absolute atomic E-state index is 0.490. The van der Waals surface area contributed by atoms with Crippen molar-refractivity contribution in [1.29, 1.82) is 0 Å². The molecule has 0 spiro atoms. The van der Waals surface area contributed by atoms with Gasteiger partial charge >= 0.3 is 171 Å². The Morgan fingerprint density at radius 3 is 2.29 bits per heavy atom. The summed E-state index contributed by atoms with van der Waals surface area (Å²) >= 11 is 0.0394. The van der Waals surface area contributed by atoms with E-state index >= 15 is 0 Å². The fourth-order valence-corrected chi connectivity index (χ4v) is 8.68. The van der Waals surface area contributed by atoms with Crippen LogP contribution in [0, 0.1) is 0 Å². The predicted molar refractivity (Wildman–Crippen MR) is 155 cm³/mol. The molecule has 0 fully saturated rings. The molecule has 168 valence electrons. The standard InChI is InChI=1S/C31H29GeNS/c1-19(2)20-13-14-33-29(17-20)26-8-6-7-25-28-16-22-10-9-21-15-23(32(3,4)5)11-12-24(21)27(22)18-30(28)34-31(25)26/h6-19H,1-5H3. The van der Waals surface area contributed by atoms with Crippen LogP contribution < -0.4 is 4.40 Å². The van der Waals surface area contributed by atoms with Gasteiger partial charge in [0.05, 0.1) is 0 Å². The molecular weight excluding hydrogens is 491 g/mol. The van der Waals surface area contributed by atoms with Crippen LogP contribution in [-0.4, -0.2) is 18.3 Å². The van der Waals surface area contributed by atoms with Crippen LogP contribution in [0.3, 0.4) is 0 Å². The van der Waals surface area contributed by atoms with Gasteiger partial charge in [0, 0.05) is 6.20 Å². The van der Waals surface area contributed by atoms with Crippen molar-refractivity contribution in [2.24, 2.45) is 0 Å². The van der Waals surface area contributed by atoms with Crippen molar-refractivity contribution >= 4 is 70.7 Å². The molecule has 34 heavy (non-hydrogen) atoms. The molecule has 1 nitrogen and oxygen atoms in total. The van der Waals surface area contributed by atoms with Crippen molar-refractivity contribution < 1.29 is 0 Å². The van der Waals surface area contributed by atoms with E-state index in [-0.39, 0.29) is 0 Å². The van der Waals surface area contributed by atoms with Gasteiger partial charge in [0.15, 0.2) is 0 Å². The number of hydrogen-bond acceptors (Lipinski definition) is 2. The summed E-state index contributed by atoms with van der Waals surface area (Å²) in [5.74, 6) is 7.88. The molecule has 0 saturated heterocycles. The second kappa shape index (κ2) is 7.93. The first-order valence-electron chi connectivity index (χ1n) is 12.1. The average molecular weight is 520 g/mol. The molecule has 2 heterocycles. The van der Waals surface area contributed by atoms with Crippen LogP contribution in [0.4, 0.5) is 0 Å². The van der Waals surface area contributed by atoms with Gasteiger partial charge in [-0.15, -0.1) is 0 Å². The van der Waals surface area contributed by atoms with Gasteiger partial charge in [0.25, 0.3) is 0 Å². The Hall–Kier alpha value is -2.69. The maximum absolute atomic E-state index is 4.75. The summed E-state index contributed by atoms with van der Waals surface area (Å²) < 4.78 is 4.24. The van der Waals surface area contributed by atoms with Crippen molar-refractivity contribution in [1.82, 2.24) is 4.98 Å². The fraction of sp³-hybridized carbons (Fsp3) is 0.194. The molecule has 0 radical (unpaired) electrons. The van der Waals surface area contributed by atoms with Gasteiger partial charge in [0.2, 0.25) is 0 Å². The molecule has 0 atom stereocenters. The minimum atomic E-state index is -1.86. The van der Waals surface area contributed by atoms with Crippen molar-refractivity contribution in [3.63, 3.8) is 0 Å². The molecular formula is C31H29GeNS. The van der Waals surface area contributed by atoms with E-state index in [4.69, 9.17) is 4.98 Å². The number of thiophene rings is 1. The zero-order valence-corrected chi connectivity index (χ0v) is 23.4. The summed E-state index contributed by atoms with van der Waals surface area (Å²) in [5.41, 5.74) is 3.63. The molecule has 0 bridgehead atoms. The Morgan fingerprint density at radius 1 is 0.735 bits per heavy atom. The molecule has 6 rings (SSSR count). The normalized spacial score (nSPS) is 12.5. The molecule has 0 unspecified atom stereocenters. The van der Waals surface area contributed by atoms with Crippen LogP contribution in [0.2, 0.25) is 17.3 Å². The summed E-state index contributed by atoms with van der Waals surface area (Å²) in [6.07, 6.45) is 1.95. The van der Waals surface area contributed by atoms with E-state index in [0.717, 1.165) is 5.69 Å². The number of pyridine rings is 1. The van der Waals surface area contributed by atoms with Crippen LogP contribution in [-0.2, 0) is 0 Å². The van der Waals surface area contributed by atoms with Crippen LogP contribution >= 0.6 is 11.3 Å². The van der Waals surface area contributed by atoms with Gasteiger partial charge in [0.1, 0.15) is 0 Å². The Balaban J connectivity index is 1.60. The first-order chi connectivity index (χ1) is 16.3. The molecule has 0 aliphatic rings. The monoisotopic (exact) mass is 521 g/mol. The number of benzene rings is 4. The van der Waals surface area contributed by atoms with Gasteiger partial charge in [-0.05, 0) is 17.5 Å². The van der Waals surface area contributed by atoms with Crippen LogP contribution in [0.1, 0.15) is 25.3 Å². The Labute approximate surface area is 207 Å². The third-order valence-corrected chi connectivity index (χ3v) is 12.5. The van der Waals surface area contributed by atoms with Crippen molar-refractivity contribution in [3.05, 3.63) is 84.6 Å². The summed E-state index contributed by atoms with van der Waals surface area (Å²) in [5, 5.41) is 8.06. The van der Waals surface area contributed by atoms with Gasteiger partial charge < -0.3 is 0 Å². The molecule has 0 aliphatic carbocycles. The van der Waals surface area contributed by atoms with Gasteiger partial charge in [-0.25, -0.2) is 0 Å². The SMILES string of the molecule is CC(C)c1ccnc(-c2cccc3c2sc2cc4c(ccc5c[c]([Ge]([CH3])([CH3])[CH3])ccc54)cc23)c1. The van der Waals surface area contributed by atoms with E-state index in [1.807, 2.05) is 17.5 Å². The first-order valence-corrected chi connectivity index (χ1v) is 20.2. The van der Waals surface area contributed by atoms with E-state index in [9.17, 15) is 0 Å².